The average Bonchev–Trinajstić information content (AvgIpc) is 2.22. The van der Waals surface area contributed by atoms with Crippen molar-refractivity contribution in [2.45, 2.75) is 20.8 Å². The second-order valence-electron chi connectivity index (χ2n) is 3.85. The predicted octanol–water partition coefficient (Wildman–Crippen LogP) is 3.07. The molecule has 0 amide bonds. The molecule has 0 spiro atoms. The van der Waals surface area contributed by atoms with Gasteiger partial charge in [-0.05, 0) is 44.0 Å². The van der Waals surface area contributed by atoms with Crippen LogP contribution >= 0.6 is 0 Å². The zero-order valence-corrected chi connectivity index (χ0v) is 9.28. The van der Waals surface area contributed by atoms with Crippen molar-refractivity contribution in [3.8, 4) is 11.3 Å². The molecule has 2 nitrogen and oxygen atoms in total. The zero-order valence-electron chi connectivity index (χ0n) is 9.28. The van der Waals surface area contributed by atoms with Gasteiger partial charge in [0.25, 0.3) is 0 Å². The lowest BCUT2D eigenvalue weighted by molar-refractivity contribution is 1.15. The summed E-state index contributed by atoms with van der Waals surface area (Å²) in [4.78, 5) is 8.72. The maximum Gasteiger partial charge on any atom is 0.0720 e. The number of hydrogen-bond donors (Lipinski definition) is 0. The van der Waals surface area contributed by atoms with E-state index in [9.17, 15) is 0 Å². The minimum atomic E-state index is 0.995. The van der Waals surface area contributed by atoms with E-state index < -0.39 is 0 Å². The summed E-state index contributed by atoms with van der Waals surface area (Å²) in [6.45, 7) is 6.14. The summed E-state index contributed by atoms with van der Waals surface area (Å²) in [6.07, 6.45) is 3.70. The van der Waals surface area contributed by atoms with Gasteiger partial charge in [-0.15, -0.1) is 0 Å². The third-order valence-corrected chi connectivity index (χ3v) is 2.52. The average molecular weight is 198 g/mol. The van der Waals surface area contributed by atoms with Crippen molar-refractivity contribution in [1.82, 2.24) is 9.97 Å². The van der Waals surface area contributed by atoms with Gasteiger partial charge in [-0.3, -0.25) is 9.97 Å². The van der Waals surface area contributed by atoms with Gasteiger partial charge in [0.15, 0.2) is 0 Å². The molecule has 2 rings (SSSR count). The van der Waals surface area contributed by atoms with Gasteiger partial charge in [-0.1, -0.05) is 6.07 Å². The predicted molar refractivity (Wildman–Crippen MR) is 61.7 cm³/mol. The highest BCUT2D eigenvalue weighted by Gasteiger charge is 2.01. The fourth-order valence-electron chi connectivity index (χ4n) is 1.49. The maximum atomic E-state index is 4.54. The first-order valence-electron chi connectivity index (χ1n) is 5.03. The van der Waals surface area contributed by atoms with Crippen molar-refractivity contribution in [1.29, 1.82) is 0 Å². The molecule has 0 atom stereocenters. The van der Waals surface area contributed by atoms with Gasteiger partial charge < -0.3 is 0 Å². The molecule has 2 aromatic heterocycles. The van der Waals surface area contributed by atoms with Crippen LogP contribution in [0.1, 0.15) is 16.8 Å². The molecule has 0 bridgehead atoms. The molecule has 15 heavy (non-hydrogen) atoms. The Kier molecular flexibility index (Phi) is 2.50. The molecule has 0 saturated heterocycles. The summed E-state index contributed by atoms with van der Waals surface area (Å²) in [6, 6.07) is 6.24. The molecule has 0 aliphatic rings. The Morgan fingerprint density at radius 3 is 2.47 bits per heavy atom. The quantitative estimate of drug-likeness (QED) is 0.703. The molecule has 0 N–H and O–H groups in total. The van der Waals surface area contributed by atoms with Crippen LogP contribution in [0.25, 0.3) is 11.3 Å². The smallest absolute Gasteiger partial charge is 0.0720 e. The lowest BCUT2D eigenvalue weighted by atomic mass is 10.1. The summed E-state index contributed by atoms with van der Waals surface area (Å²) < 4.78 is 0. The molecule has 0 aromatic carbocycles. The highest BCUT2D eigenvalue weighted by atomic mass is 14.7. The van der Waals surface area contributed by atoms with Crippen LogP contribution < -0.4 is 0 Å². The fraction of sp³-hybridized carbons (Fsp3) is 0.231. The molecule has 0 aliphatic heterocycles. The van der Waals surface area contributed by atoms with Gasteiger partial charge in [0, 0.05) is 23.7 Å². The minimum Gasteiger partial charge on any atom is -0.264 e. The number of pyridine rings is 2. The van der Waals surface area contributed by atoms with Crippen LogP contribution in [0.15, 0.2) is 30.6 Å². The number of hydrogen-bond acceptors (Lipinski definition) is 2. The molecular formula is C13H14N2. The van der Waals surface area contributed by atoms with Crippen molar-refractivity contribution in [2.75, 3.05) is 0 Å². The van der Waals surface area contributed by atoms with Crippen LogP contribution in [-0.4, -0.2) is 9.97 Å². The van der Waals surface area contributed by atoms with Crippen LogP contribution in [-0.2, 0) is 0 Å². The molecule has 0 radical (unpaired) electrons. The van der Waals surface area contributed by atoms with Crippen LogP contribution in [0.5, 0.6) is 0 Å². The molecule has 2 heterocycles. The van der Waals surface area contributed by atoms with E-state index in [4.69, 9.17) is 0 Å². The van der Waals surface area contributed by atoms with Crippen molar-refractivity contribution in [3.63, 3.8) is 0 Å². The van der Waals surface area contributed by atoms with Crippen molar-refractivity contribution < 1.29 is 0 Å². The monoisotopic (exact) mass is 198 g/mol. The molecule has 2 aromatic rings. The molecule has 76 valence electrons. The summed E-state index contributed by atoms with van der Waals surface area (Å²) in [7, 11) is 0. The zero-order chi connectivity index (χ0) is 10.8. The highest BCUT2D eigenvalue weighted by molar-refractivity contribution is 5.59. The topological polar surface area (TPSA) is 25.8 Å². The Labute approximate surface area is 90.0 Å². The highest BCUT2D eigenvalue weighted by Crippen LogP contribution is 2.18. The normalized spacial score (nSPS) is 10.3. The second kappa shape index (κ2) is 3.81. The van der Waals surface area contributed by atoms with Gasteiger partial charge >= 0.3 is 0 Å². The van der Waals surface area contributed by atoms with Crippen molar-refractivity contribution in [3.05, 3.63) is 47.4 Å². The SMILES string of the molecule is Cc1cncc(-c2ccc(C)c(C)n2)c1. The van der Waals surface area contributed by atoms with Crippen molar-refractivity contribution >= 4 is 0 Å². The fourth-order valence-corrected chi connectivity index (χ4v) is 1.49. The Bertz CT molecular complexity index is 490. The number of aromatic nitrogens is 2. The summed E-state index contributed by atoms with van der Waals surface area (Å²) in [5, 5.41) is 0. The molecule has 0 unspecified atom stereocenters. The summed E-state index contributed by atoms with van der Waals surface area (Å²) in [5.41, 5.74) is 5.54. The summed E-state index contributed by atoms with van der Waals surface area (Å²) >= 11 is 0. The number of rotatable bonds is 1. The van der Waals surface area contributed by atoms with E-state index in [-0.39, 0.29) is 0 Å². The van der Waals surface area contributed by atoms with E-state index in [0.29, 0.717) is 0 Å². The van der Waals surface area contributed by atoms with Gasteiger partial charge in [0.05, 0.1) is 5.69 Å². The van der Waals surface area contributed by atoms with Gasteiger partial charge in [-0.25, -0.2) is 0 Å². The van der Waals surface area contributed by atoms with Crippen LogP contribution in [0.2, 0.25) is 0 Å². The first kappa shape index (κ1) is 9.84. The molecule has 2 heteroatoms. The molecule has 0 fully saturated rings. The number of nitrogens with zero attached hydrogens (tertiary/aromatic N) is 2. The molecular weight excluding hydrogens is 184 g/mol. The van der Waals surface area contributed by atoms with E-state index in [2.05, 4.69) is 29.0 Å². The minimum absolute atomic E-state index is 0.995. The third-order valence-electron chi connectivity index (χ3n) is 2.52. The second-order valence-corrected chi connectivity index (χ2v) is 3.85. The van der Waals surface area contributed by atoms with E-state index in [1.165, 1.54) is 5.56 Å². The van der Waals surface area contributed by atoms with Gasteiger partial charge in [0.2, 0.25) is 0 Å². The standard InChI is InChI=1S/C13H14N2/c1-9-6-12(8-14-7-9)13-5-4-10(2)11(3)15-13/h4-8H,1-3H3. The van der Waals surface area contributed by atoms with E-state index in [0.717, 1.165) is 22.5 Å². The van der Waals surface area contributed by atoms with E-state index in [1.54, 1.807) is 0 Å². The van der Waals surface area contributed by atoms with Crippen LogP contribution in [0.3, 0.4) is 0 Å². The van der Waals surface area contributed by atoms with Gasteiger partial charge in [-0.2, -0.15) is 0 Å². The maximum absolute atomic E-state index is 4.54. The van der Waals surface area contributed by atoms with E-state index >= 15 is 0 Å². The van der Waals surface area contributed by atoms with Crippen LogP contribution in [0.4, 0.5) is 0 Å². The lowest BCUT2D eigenvalue weighted by Gasteiger charge is -2.04. The van der Waals surface area contributed by atoms with Gasteiger partial charge in [0.1, 0.15) is 0 Å². The molecule has 0 saturated carbocycles. The Hall–Kier alpha value is -1.70. The van der Waals surface area contributed by atoms with Crippen molar-refractivity contribution in [2.24, 2.45) is 0 Å². The van der Waals surface area contributed by atoms with E-state index in [1.807, 2.05) is 32.3 Å². The Morgan fingerprint density at radius 1 is 1.00 bits per heavy atom. The number of aryl methyl sites for hydroxylation is 3. The Morgan fingerprint density at radius 2 is 1.80 bits per heavy atom. The Balaban J connectivity index is 2.50. The summed E-state index contributed by atoms with van der Waals surface area (Å²) in [5.74, 6) is 0. The largest absolute Gasteiger partial charge is 0.264 e. The lowest BCUT2D eigenvalue weighted by Crippen LogP contribution is -1.91. The van der Waals surface area contributed by atoms with Crippen LogP contribution in [0, 0.1) is 20.8 Å². The third kappa shape index (κ3) is 2.04. The molecule has 0 aliphatic carbocycles. The first-order chi connectivity index (χ1) is 7.16. The first-order valence-corrected chi connectivity index (χ1v) is 5.03.